The third kappa shape index (κ3) is 4.84. The fourth-order valence-corrected chi connectivity index (χ4v) is 3.19. The zero-order valence-corrected chi connectivity index (χ0v) is 15.7. The van der Waals surface area contributed by atoms with Crippen LogP contribution in [0.5, 0.6) is 17.2 Å². The van der Waals surface area contributed by atoms with Crippen LogP contribution in [-0.2, 0) is 11.4 Å². The Morgan fingerprint density at radius 3 is 2.93 bits per heavy atom. The molecule has 4 rings (SSSR count). The van der Waals surface area contributed by atoms with Crippen LogP contribution >= 0.6 is 12.4 Å². The molecule has 1 atom stereocenters. The number of benzene rings is 2. The van der Waals surface area contributed by atoms with E-state index < -0.39 is 0 Å². The molecule has 2 aromatic carbocycles. The number of hydrogen-bond donors (Lipinski definition) is 2. The first-order valence-corrected chi connectivity index (χ1v) is 8.91. The molecule has 2 aliphatic heterocycles. The summed E-state index contributed by atoms with van der Waals surface area (Å²) in [7, 11) is 0. The van der Waals surface area contributed by atoms with Crippen LogP contribution in [0.4, 0.5) is 5.69 Å². The molecule has 1 fully saturated rings. The highest BCUT2D eigenvalue weighted by molar-refractivity contribution is 5.92. The maximum Gasteiger partial charge on any atom is 0.231 e. The third-order valence-electron chi connectivity index (χ3n) is 4.61. The Kier molecular flexibility index (Phi) is 6.42. The van der Waals surface area contributed by atoms with E-state index in [1.165, 1.54) is 0 Å². The third-order valence-corrected chi connectivity index (χ3v) is 4.61. The fraction of sp³-hybridized carbons (Fsp3) is 0.350. The number of hydrogen-bond acceptors (Lipinski definition) is 5. The van der Waals surface area contributed by atoms with Gasteiger partial charge in [-0.15, -0.1) is 12.4 Å². The summed E-state index contributed by atoms with van der Waals surface area (Å²) in [6.45, 7) is 2.40. The predicted molar refractivity (Wildman–Crippen MR) is 105 cm³/mol. The number of carbonyl (C=O) groups is 1. The van der Waals surface area contributed by atoms with Crippen LogP contribution in [0.2, 0.25) is 0 Å². The van der Waals surface area contributed by atoms with Gasteiger partial charge in [-0.05, 0) is 49.2 Å². The van der Waals surface area contributed by atoms with Crippen molar-refractivity contribution < 1.29 is 19.0 Å². The molecule has 2 aromatic rings. The van der Waals surface area contributed by atoms with E-state index in [0.717, 1.165) is 48.7 Å². The van der Waals surface area contributed by atoms with Crippen LogP contribution in [0.3, 0.4) is 0 Å². The van der Waals surface area contributed by atoms with E-state index in [9.17, 15) is 4.79 Å². The second-order valence-corrected chi connectivity index (χ2v) is 6.54. The topological polar surface area (TPSA) is 68.8 Å². The normalized spacial score (nSPS) is 17.7. The van der Waals surface area contributed by atoms with E-state index in [1.54, 1.807) is 0 Å². The molecule has 144 valence electrons. The van der Waals surface area contributed by atoms with Crippen LogP contribution < -0.4 is 24.8 Å². The lowest BCUT2D eigenvalue weighted by Gasteiger charge is -2.22. The number of halogens is 1. The molecule has 1 amide bonds. The van der Waals surface area contributed by atoms with Crippen LogP contribution in [0.15, 0.2) is 42.5 Å². The Morgan fingerprint density at radius 1 is 1.19 bits per heavy atom. The van der Waals surface area contributed by atoms with Crippen molar-refractivity contribution >= 4 is 24.0 Å². The number of carbonyl (C=O) groups excluding carboxylic acids is 1. The molecular weight excluding hydrogens is 368 g/mol. The van der Waals surface area contributed by atoms with Crippen molar-refractivity contribution in [2.45, 2.75) is 19.4 Å². The van der Waals surface area contributed by atoms with Crippen molar-refractivity contribution in [3.8, 4) is 17.2 Å². The minimum Gasteiger partial charge on any atom is -0.489 e. The SMILES string of the molecule is Cl.O=C(Nc1cccc(COc2ccc3c(c2)OCO3)c1)C1CCCNC1. The molecule has 2 aliphatic rings. The maximum absolute atomic E-state index is 12.4. The number of anilines is 1. The summed E-state index contributed by atoms with van der Waals surface area (Å²) in [6.07, 6.45) is 1.98. The molecular formula is C20H23ClN2O4. The van der Waals surface area contributed by atoms with Crippen LogP contribution in [-0.4, -0.2) is 25.8 Å². The van der Waals surface area contributed by atoms with Gasteiger partial charge in [-0.2, -0.15) is 0 Å². The van der Waals surface area contributed by atoms with Crippen molar-refractivity contribution in [1.82, 2.24) is 5.32 Å². The fourth-order valence-electron chi connectivity index (χ4n) is 3.19. The van der Waals surface area contributed by atoms with E-state index in [1.807, 2.05) is 42.5 Å². The first-order valence-electron chi connectivity index (χ1n) is 8.91. The number of ether oxygens (including phenoxy) is 3. The molecule has 2 heterocycles. The van der Waals surface area contributed by atoms with Gasteiger partial charge < -0.3 is 24.8 Å². The predicted octanol–water partition coefficient (Wildman–Crippen LogP) is 3.35. The van der Waals surface area contributed by atoms with Crippen molar-refractivity contribution in [2.75, 3.05) is 25.2 Å². The standard InChI is InChI=1S/C20H22N2O4.ClH/c23-20(15-4-2-8-21-11-15)22-16-5-1-3-14(9-16)12-24-17-6-7-18-19(10-17)26-13-25-18;/h1,3,5-7,9-10,15,21H,2,4,8,11-13H2,(H,22,23);1H. The van der Waals surface area contributed by atoms with Crippen LogP contribution in [0.25, 0.3) is 0 Å². The van der Waals surface area contributed by atoms with Gasteiger partial charge >= 0.3 is 0 Å². The summed E-state index contributed by atoms with van der Waals surface area (Å²) in [5.41, 5.74) is 1.79. The molecule has 1 saturated heterocycles. The van der Waals surface area contributed by atoms with Crippen LogP contribution in [0.1, 0.15) is 18.4 Å². The lowest BCUT2D eigenvalue weighted by atomic mass is 9.99. The smallest absolute Gasteiger partial charge is 0.231 e. The van der Waals surface area contributed by atoms with Crippen LogP contribution in [0, 0.1) is 5.92 Å². The monoisotopic (exact) mass is 390 g/mol. The second-order valence-electron chi connectivity index (χ2n) is 6.54. The van der Waals surface area contributed by atoms with Gasteiger partial charge in [0.1, 0.15) is 12.4 Å². The number of amides is 1. The van der Waals surface area contributed by atoms with Crippen molar-refractivity contribution in [3.05, 3.63) is 48.0 Å². The lowest BCUT2D eigenvalue weighted by molar-refractivity contribution is -0.120. The molecule has 0 aliphatic carbocycles. The van der Waals surface area contributed by atoms with Gasteiger partial charge in [0.05, 0.1) is 5.92 Å². The minimum absolute atomic E-state index is 0. The molecule has 0 saturated carbocycles. The molecule has 2 N–H and O–H groups in total. The molecule has 0 radical (unpaired) electrons. The van der Waals surface area contributed by atoms with Crippen molar-refractivity contribution in [2.24, 2.45) is 5.92 Å². The minimum atomic E-state index is 0. The van der Waals surface area contributed by atoms with Gasteiger partial charge in [0.15, 0.2) is 11.5 Å². The Balaban J connectivity index is 0.00000210. The van der Waals surface area contributed by atoms with Gasteiger partial charge in [0, 0.05) is 18.3 Å². The summed E-state index contributed by atoms with van der Waals surface area (Å²) in [6, 6.07) is 13.3. The molecule has 27 heavy (non-hydrogen) atoms. The molecule has 0 aromatic heterocycles. The highest BCUT2D eigenvalue weighted by atomic mass is 35.5. The zero-order valence-electron chi connectivity index (χ0n) is 14.9. The van der Waals surface area contributed by atoms with E-state index in [2.05, 4.69) is 10.6 Å². The Hall–Kier alpha value is -2.44. The van der Waals surface area contributed by atoms with E-state index in [4.69, 9.17) is 14.2 Å². The molecule has 0 spiro atoms. The number of rotatable bonds is 5. The Labute approximate surface area is 164 Å². The molecule has 0 bridgehead atoms. The Morgan fingerprint density at radius 2 is 2.07 bits per heavy atom. The van der Waals surface area contributed by atoms with Crippen molar-refractivity contribution in [1.29, 1.82) is 0 Å². The van der Waals surface area contributed by atoms with Gasteiger partial charge in [-0.25, -0.2) is 0 Å². The average Bonchev–Trinajstić information content (AvgIpc) is 3.15. The van der Waals surface area contributed by atoms with Gasteiger partial charge in [-0.3, -0.25) is 4.79 Å². The highest BCUT2D eigenvalue weighted by Gasteiger charge is 2.20. The van der Waals surface area contributed by atoms with E-state index >= 15 is 0 Å². The first kappa shape index (κ1) is 19.3. The quantitative estimate of drug-likeness (QED) is 0.819. The summed E-state index contributed by atoms with van der Waals surface area (Å²) in [5, 5.41) is 6.28. The summed E-state index contributed by atoms with van der Waals surface area (Å²) >= 11 is 0. The molecule has 6 nitrogen and oxygen atoms in total. The average molecular weight is 391 g/mol. The number of fused-ring (bicyclic) bond motifs is 1. The van der Waals surface area contributed by atoms with Gasteiger partial charge in [-0.1, -0.05) is 12.1 Å². The maximum atomic E-state index is 12.4. The second kappa shape index (κ2) is 8.97. The van der Waals surface area contributed by atoms with Gasteiger partial charge in [0.2, 0.25) is 12.7 Å². The highest BCUT2D eigenvalue weighted by Crippen LogP contribution is 2.35. The summed E-state index contributed by atoms with van der Waals surface area (Å²) < 4.78 is 16.5. The first-order chi connectivity index (χ1) is 12.8. The lowest BCUT2D eigenvalue weighted by Crippen LogP contribution is -2.37. The van der Waals surface area contributed by atoms with E-state index in [-0.39, 0.29) is 31.0 Å². The van der Waals surface area contributed by atoms with Crippen molar-refractivity contribution in [3.63, 3.8) is 0 Å². The molecule has 7 heteroatoms. The van der Waals surface area contributed by atoms with E-state index in [0.29, 0.717) is 12.4 Å². The largest absolute Gasteiger partial charge is 0.489 e. The molecule has 1 unspecified atom stereocenters. The summed E-state index contributed by atoms with van der Waals surface area (Å²) in [5.74, 6) is 2.27. The Bertz CT molecular complexity index is 793. The zero-order chi connectivity index (χ0) is 17.8. The summed E-state index contributed by atoms with van der Waals surface area (Å²) in [4.78, 5) is 12.4. The number of nitrogens with one attached hydrogen (secondary N) is 2. The number of piperidine rings is 1. The van der Waals surface area contributed by atoms with Gasteiger partial charge in [0.25, 0.3) is 0 Å².